The van der Waals surface area contributed by atoms with Crippen molar-refractivity contribution in [2.75, 3.05) is 11.9 Å². The Kier molecular flexibility index (Phi) is 3.14. The first kappa shape index (κ1) is 11.8. The van der Waals surface area contributed by atoms with Crippen molar-refractivity contribution in [1.82, 2.24) is 0 Å². The van der Waals surface area contributed by atoms with Crippen LogP contribution in [0, 0.1) is 0 Å². The molecule has 0 aliphatic carbocycles. The highest BCUT2D eigenvalue weighted by atomic mass is 79.9. The van der Waals surface area contributed by atoms with E-state index in [4.69, 9.17) is 11.6 Å². The van der Waals surface area contributed by atoms with Gasteiger partial charge in [0.15, 0.2) is 0 Å². The van der Waals surface area contributed by atoms with Crippen molar-refractivity contribution in [3.63, 3.8) is 0 Å². The van der Waals surface area contributed by atoms with Gasteiger partial charge in [0.05, 0.1) is 0 Å². The van der Waals surface area contributed by atoms with Crippen molar-refractivity contribution in [2.45, 2.75) is 0 Å². The van der Waals surface area contributed by atoms with E-state index >= 15 is 0 Å². The number of hydrogen-bond donors (Lipinski definition) is 1. The van der Waals surface area contributed by atoms with E-state index in [1.54, 1.807) is 0 Å². The molecule has 1 N–H and O–H groups in total. The molecule has 3 rings (SSSR count). The number of hydrogen-bond acceptors (Lipinski definition) is 1. The van der Waals surface area contributed by atoms with Gasteiger partial charge < -0.3 is 5.32 Å². The Labute approximate surface area is 120 Å². The third-order valence-electron chi connectivity index (χ3n) is 3.03. The van der Waals surface area contributed by atoms with Crippen LogP contribution < -0.4 is 5.32 Å². The minimum Gasteiger partial charge on any atom is -0.381 e. The fraction of sp³-hybridized carbons (Fsp3) is 0.0667. The van der Waals surface area contributed by atoms with Crippen molar-refractivity contribution in [1.29, 1.82) is 0 Å². The molecular weight excluding hydrogens is 310 g/mol. The van der Waals surface area contributed by atoms with E-state index in [9.17, 15) is 0 Å². The molecule has 0 aromatic heterocycles. The van der Waals surface area contributed by atoms with Crippen LogP contribution in [0.2, 0.25) is 5.02 Å². The molecular formula is C15H11BrClN. The number of fused-ring (bicyclic) bond motifs is 3. The summed E-state index contributed by atoms with van der Waals surface area (Å²) in [5, 5.41) is 4.15. The molecule has 0 amide bonds. The maximum atomic E-state index is 6.12. The van der Waals surface area contributed by atoms with Gasteiger partial charge in [0, 0.05) is 27.3 Å². The number of anilines is 1. The van der Waals surface area contributed by atoms with Crippen molar-refractivity contribution in [2.24, 2.45) is 0 Å². The molecule has 2 aromatic rings. The quantitative estimate of drug-likeness (QED) is 0.706. The molecule has 0 saturated heterocycles. The first-order valence-electron chi connectivity index (χ1n) is 5.74. The summed E-state index contributed by atoms with van der Waals surface area (Å²) >= 11 is 9.75. The van der Waals surface area contributed by atoms with Gasteiger partial charge in [-0.3, -0.25) is 0 Å². The van der Waals surface area contributed by atoms with Crippen LogP contribution in [0.4, 0.5) is 5.69 Å². The van der Waals surface area contributed by atoms with Gasteiger partial charge in [-0.1, -0.05) is 57.9 Å². The van der Waals surface area contributed by atoms with Gasteiger partial charge in [-0.2, -0.15) is 0 Å². The zero-order chi connectivity index (χ0) is 12.5. The van der Waals surface area contributed by atoms with Crippen LogP contribution in [0.3, 0.4) is 0 Å². The Hall–Kier alpha value is -1.25. The standard InChI is InChI=1S/C15H11BrClN/c16-14-7-8-18-15-6-5-10(17)9-13(15)11-3-1-2-4-12(11)14/h1-7,9,18H,8H2/b14-7+. The molecule has 1 aliphatic rings. The first-order valence-corrected chi connectivity index (χ1v) is 6.91. The van der Waals surface area contributed by atoms with Crippen molar-refractivity contribution >= 4 is 37.7 Å². The molecule has 0 radical (unpaired) electrons. The minimum absolute atomic E-state index is 0.756. The molecule has 0 bridgehead atoms. The van der Waals surface area contributed by atoms with E-state index in [2.05, 4.69) is 39.5 Å². The average Bonchev–Trinajstić information content (AvgIpc) is 2.38. The molecule has 1 aliphatic heterocycles. The van der Waals surface area contributed by atoms with Gasteiger partial charge in [-0.15, -0.1) is 0 Å². The largest absolute Gasteiger partial charge is 0.381 e. The van der Waals surface area contributed by atoms with Crippen LogP contribution in [0.15, 0.2) is 48.5 Å². The lowest BCUT2D eigenvalue weighted by atomic mass is 9.96. The van der Waals surface area contributed by atoms with Gasteiger partial charge in [0.1, 0.15) is 0 Å². The summed E-state index contributed by atoms with van der Waals surface area (Å²) in [5.41, 5.74) is 4.64. The lowest BCUT2D eigenvalue weighted by molar-refractivity contribution is 1.33. The topological polar surface area (TPSA) is 12.0 Å². The Morgan fingerprint density at radius 1 is 1.00 bits per heavy atom. The summed E-state index contributed by atoms with van der Waals surface area (Å²) in [7, 11) is 0. The summed E-state index contributed by atoms with van der Waals surface area (Å²) < 4.78 is 1.11. The molecule has 90 valence electrons. The average molecular weight is 321 g/mol. The van der Waals surface area contributed by atoms with Gasteiger partial charge in [0.25, 0.3) is 0 Å². The van der Waals surface area contributed by atoms with E-state index < -0.39 is 0 Å². The molecule has 2 aromatic carbocycles. The van der Waals surface area contributed by atoms with Gasteiger partial charge in [-0.25, -0.2) is 0 Å². The fourth-order valence-electron chi connectivity index (χ4n) is 2.18. The van der Waals surface area contributed by atoms with Crippen LogP contribution in [0.25, 0.3) is 15.6 Å². The normalized spacial score (nSPS) is 16.4. The van der Waals surface area contributed by atoms with Crippen LogP contribution in [0.1, 0.15) is 5.56 Å². The van der Waals surface area contributed by atoms with Crippen molar-refractivity contribution in [3.05, 3.63) is 59.1 Å². The van der Waals surface area contributed by atoms with E-state index in [-0.39, 0.29) is 0 Å². The number of benzene rings is 2. The van der Waals surface area contributed by atoms with E-state index in [0.717, 1.165) is 27.3 Å². The molecule has 0 unspecified atom stereocenters. The lowest BCUT2D eigenvalue weighted by Crippen LogP contribution is -2.03. The highest BCUT2D eigenvalue weighted by Crippen LogP contribution is 2.38. The Bertz CT molecular complexity index is 634. The predicted octanol–water partition coefficient (Wildman–Crippen LogP) is 5.17. The van der Waals surface area contributed by atoms with Crippen LogP contribution in [-0.4, -0.2) is 6.54 Å². The summed E-state index contributed by atoms with van der Waals surface area (Å²) in [5.74, 6) is 0. The second kappa shape index (κ2) is 4.79. The minimum atomic E-state index is 0.756. The molecule has 1 nitrogen and oxygen atoms in total. The third-order valence-corrected chi connectivity index (χ3v) is 4.02. The van der Waals surface area contributed by atoms with Gasteiger partial charge in [0.2, 0.25) is 0 Å². The summed E-state index contributed by atoms with van der Waals surface area (Å²) in [6.07, 6.45) is 2.14. The highest BCUT2D eigenvalue weighted by molar-refractivity contribution is 9.15. The molecule has 18 heavy (non-hydrogen) atoms. The van der Waals surface area contributed by atoms with Gasteiger partial charge in [-0.05, 0) is 29.3 Å². The predicted molar refractivity (Wildman–Crippen MR) is 82.3 cm³/mol. The molecule has 0 spiro atoms. The Balaban J connectivity index is 2.31. The second-order valence-electron chi connectivity index (χ2n) is 4.17. The zero-order valence-electron chi connectivity index (χ0n) is 9.58. The molecule has 0 atom stereocenters. The monoisotopic (exact) mass is 319 g/mol. The molecule has 0 saturated carbocycles. The molecule has 1 heterocycles. The number of rotatable bonds is 0. The highest BCUT2D eigenvalue weighted by Gasteiger charge is 2.13. The second-order valence-corrected chi connectivity index (χ2v) is 5.46. The fourth-order valence-corrected chi connectivity index (χ4v) is 2.86. The first-order chi connectivity index (χ1) is 8.75. The van der Waals surface area contributed by atoms with Crippen LogP contribution >= 0.6 is 27.5 Å². The zero-order valence-corrected chi connectivity index (χ0v) is 11.9. The van der Waals surface area contributed by atoms with Crippen LogP contribution in [0.5, 0.6) is 0 Å². The molecule has 0 fully saturated rings. The Morgan fingerprint density at radius 3 is 2.61 bits per heavy atom. The summed E-state index contributed by atoms with van der Waals surface area (Å²) in [6.45, 7) is 0.795. The smallest absolute Gasteiger partial charge is 0.0423 e. The van der Waals surface area contributed by atoms with Crippen molar-refractivity contribution in [3.8, 4) is 11.1 Å². The van der Waals surface area contributed by atoms with Crippen molar-refractivity contribution < 1.29 is 0 Å². The lowest BCUT2D eigenvalue weighted by Gasteiger charge is -2.18. The van der Waals surface area contributed by atoms with E-state index in [1.165, 1.54) is 11.1 Å². The molecule has 3 heteroatoms. The Morgan fingerprint density at radius 2 is 1.78 bits per heavy atom. The SMILES string of the molecule is Clc1ccc2c(c1)-c1ccccc1/C(Br)=C\CN2. The number of halogens is 2. The maximum absolute atomic E-state index is 6.12. The van der Waals surface area contributed by atoms with Gasteiger partial charge >= 0.3 is 0 Å². The number of nitrogens with one attached hydrogen (secondary N) is 1. The third kappa shape index (κ3) is 2.06. The maximum Gasteiger partial charge on any atom is 0.0423 e. The van der Waals surface area contributed by atoms with Crippen LogP contribution in [-0.2, 0) is 0 Å². The summed E-state index contributed by atoms with van der Waals surface area (Å²) in [6, 6.07) is 14.3. The van der Waals surface area contributed by atoms with E-state index in [1.807, 2.05) is 30.3 Å². The summed E-state index contributed by atoms with van der Waals surface area (Å²) in [4.78, 5) is 0. The van der Waals surface area contributed by atoms with E-state index in [0.29, 0.717) is 0 Å².